The van der Waals surface area contributed by atoms with Gasteiger partial charge in [-0.05, 0) is 49.4 Å². The molecule has 480 valence electrons. The molecule has 0 radical (unpaired) electrons. The summed E-state index contributed by atoms with van der Waals surface area (Å²) in [5, 5.41) is 10.5. The zero-order valence-corrected chi connectivity index (χ0v) is 54.2. The van der Waals surface area contributed by atoms with E-state index >= 15 is 0 Å². The average Bonchev–Trinajstić information content (AvgIpc) is 3.42. The van der Waals surface area contributed by atoms with Gasteiger partial charge in [0.05, 0.1) is 26.4 Å². The van der Waals surface area contributed by atoms with Crippen molar-refractivity contribution < 1.29 is 80.2 Å². The van der Waals surface area contributed by atoms with Crippen LogP contribution in [0, 0.1) is 23.7 Å². The van der Waals surface area contributed by atoms with Gasteiger partial charge in [-0.1, -0.05) is 242 Å². The summed E-state index contributed by atoms with van der Waals surface area (Å²) in [6.07, 6.45) is 30.9. The second kappa shape index (κ2) is 52.4. The van der Waals surface area contributed by atoms with Crippen molar-refractivity contribution in [2.24, 2.45) is 23.7 Å². The molecule has 0 rings (SSSR count). The van der Waals surface area contributed by atoms with E-state index in [0.29, 0.717) is 37.5 Å². The lowest BCUT2D eigenvalue weighted by Crippen LogP contribution is -2.30. The van der Waals surface area contributed by atoms with Crippen molar-refractivity contribution >= 4 is 39.5 Å². The second-order valence-corrected chi connectivity index (χ2v) is 26.8. The number of hydrogen-bond acceptors (Lipinski definition) is 15. The molecule has 17 nitrogen and oxygen atoms in total. The van der Waals surface area contributed by atoms with Gasteiger partial charge in [0.1, 0.15) is 19.3 Å². The Morgan fingerprint density at radius 1 is 0.346 bits per heavy atom. The maximum absolute atomic E-state index is 12.9. The van der Waals surface area contributed by atoms with E-state index in [0.717, 1.165) is 115 Å². The fourth-order valence-electron chi connectivity index (χ4n) is 9.01. The van der Waals surface area contributed by atoms with E-state index in [-0.39, 0.29) is 25.7 Å². The number of phosphoric ester groups is 2. The summed E-state index contributed by atoms with van der Waals surface area (Å²) in [6, 6.07) is 0. The van der Waals surface area contributed by atoms with Gasteiger partial charge in [-0.2, -0.15) is 0 Å². The number of carbonyl (C=O) groups excluding carboxylic acids is 4. The van der Waals surface area contributed by atoms with Gasteiger partial charge >= 0.3 is 39.5 Å². The Bertz CT molecular complexity index is 1630. The summed E-state index contributed by atoms with van der Waals surface area (Å²) in [7, 11) is -9.89. The molecule has 0 heterocycles. The van der Waals surface area contributed by atoms with E-state index in [1.165, 1.54) is 83.5 Å². The highest BCUT2D eigenvalue weighted by Gasteiger charge is 2.30. The van der Waals surface area contributed by atoms with Crippen LogP contribution >= 0.6 is 15.6 Å². The van der Waals surface area contributed by atoms with Crippen molar-refractivity contribution in [1.29, 1.82) is 0 Å². The molecule has 0 aromatic rings. The third-order valence-corrected chi connectivity index (χ3v) is 16.7. The number of esters is 4. The summed E-state index contributed by atoms with van der Waals surface area (Å²) in [6.45, 7) is 13.9. The normalized spacial score (nSPS) is 15.2. The minimum absolute atomic E-state index is 0.101. The maximum Gasteiger partial charge on any atom is 0.472 e. The molecule has 0 aromatic heterocycles. The second-order valence-electron chi connectivity index (χ2n) is 23.9. The number of unbranched alkanes of at least 4 members (excludes halogenated alkanes) is 23. The van der Waals surface area contributed by atoms with Crippen LogP contribution in [0.2, 0.25) is 0 Å². The summed E-state index contributed by atoms with van der Waals surface area (Å²) in [5.41, 5.74) is 0. The summed E-state index contributed by atoms with van der Waals surface area (Å²) in [4.78, 5) is 72.1. The van der Waals surface area contributed by atoms with Gasteiger partial charge in [0.2, 0.25) is 0 Å². The van der Waals surface area contributed by atoms with E-state index in [4.69, 9.17) is 37.0 Å². The van der Waals surface area contributed by atoms with Gasteiger partial charge in [0.25, 0.3) is 0 Å². The van der Waals surface area contributed by atoms with Gasteiger partial charge in [0.15, 0.2) is 12.2 Å². The molecule has 3 N–H and O–H groups in total. The fourth-order valence-corrected chi connectivity index (χ4v) is 10.6. The number of rotatable bonds is 59. The largest absolute Gasteiger partial charge is 0.472 e. The Labute approximate surface area is 492 Å². The standard InChI is InChI=1S/C62H120O17P2/c1-9-54(7)40-32-24-15-11-12-16-28-36-44-61(66)78-57(49-73-60(65)43-35-27-20-18-23-31-39-53(5)6)50-76-80(68,69)74-46-56(63)47-75-81(70,71)77-51-58(79-62(67)45-37-29-21-19-25-33-41-55(8)10-2)48-72-59(64)42-34-26-17-13-14-22-30-38-52(3)4/h52-58,63H,9-51H2,1-8H3,(H,68,69)(H,70,71)/t54?,55?,56-,57+,58+/m0/s1. The van der Waals surface area contributed by atoms with Crippen LogP contribution in [-0.2, 0) is 65.4 Å². The minimum Gasteiger partial charge on any atom is -0.462 e. The van der Waals surface area contributed by atoms with Crippen LogP contribution in [-0.4, -0.2) is 96.7 Å². The van der Waals surface area contributed by atoms with E-state index in [1.807, 2.05) is 0 Å². The summed E-state index contributed by atoms with van der Waals surface area (Å²) < 4.78 is 67.9. The predicted molar refractivity (Wildman–Crippen MR) is 321 cm³/mol. The highest BCUT2D eigenvalue weighted by atomic mass is 31.2. The first-order valence-corrected chi connectivity index (χ1v) is 35.3. The molecule has 0 amide bonds. The number of aliphatic hydroxyl groups excluding tert-OH is 1. The number of carbonyl (C=O) groups is 4. The SMILES string of the molecule is CCC(C)CCCCCCCCCCC(=O)O[C@H](COC(=O)CCCCCCCCC(C)C)COP(=O)(O)OC[C@H](O)COP(=O)(O)OC[C@@H](COC(=O)CCCCCCCCCC(C)C)OC(=O)CCCCCCCCC(C)CC. The molecule has 0 saturated heterocycles. The zero-order chi connectivity index (χ0) is 60.4. The van der Waals surface area contributed by atoms with Crippen LogP contribution in [0.4, 0.5) is 0 Å². The molecule has 0 spiro atoms. The van der Waals surface area contributed by atoms with Gasteiger partial charge in [-0.3, -0.25) is 37.3 Å². The quantitative estimate of drug-likeness (QED) is 0.0222. The first-order valence-electron chi connectivity index (χ1n) is 32.3. The monoisotopic (exact) mass is 1200 g/mol. The Morgan fingerprint density at radius 3 is 0.877 bits per heavy atom. The maximum atomic E-state index is 12.9. The Balaban J connectivity index is 5.26. The van der Waals surface area contributed by atoms with Crippen LogP contribution in [0.1, 0.15) is 293 Å². The Morgan fingerprint density at radius 2 is 0.593 bits per heavy atom. The van der Waals surface area contributed by atoms with Crippen LogP contribution in [0.5, 0.6) is 0 Å². The van der Waals surface area contributed by atoms with Crippen LogP contribution in [0.25, 0.3) is 0 Å². The van der Waals surface area contributed by atoms with Gasteiger partial charge in [0, 0.05) is 25.7 Å². The molecular formula is C62H120O17P2. The van der Waals surface area contributed by atoms with Crippen LogP contribution in [0.3, 0.4) is 0 Å². The molecule has 0 saturated carbocycles. The molecule has 0 aromatic carbocycles. The molecule has 0 aliphatic heterocycles. The molecular weight excluding hydrogens is 1080 g/mol. The average molecular weight is 1200 g/mol. The topological polar surface area (TPSA) is 237 Å². The number of ether oxygens (including phenoxy) is 4. The van der Waals surface area contributed by atoms with E-state index in [1.54, 1.807) is 0 Å². The fraction of sp³-hybridized carbons (Fsp3) is 0.935. The highest BCUT2D eigenvalue weighted by molar-refractivity contribution is 7.47. The van der Waals surface area contributed by atoms with E-state index < -0.39 is 97.5 Å². The van der Waals surface area contributed by atoms with Gasteiger partial charge in [-0.15, -0.1) is 0 Å². The van der Waals surface area contributed by atoms with Crippen molar-refractivity contribution in [3.05, 3.63) is 0 Å². The lowest BCUT2D eigenvalue weighted by atomic mass is 9.99. The Kier molecular flexibility index (Phi) is 51.1. The summed E-state index contributed by atoms with van der Waals surface area (Å²) >= 11 is 0. The smallest absolute Gasteiger partial charge is 0.462 e. The van der Waals surface area contributed by atoms with Crippen LogP contribution in [0.15, 0.2) is 0 Å². The van der Waals surface area contributed by atoms with E-state index in [2.05, 4.69) is 55.4 Å². The molecule has 4 unspecified atom stereocenters. The van der Waals surface area contributed by atoms with Crippen molar-refractivity contribution in [1.82, 2.24) is 0 Å². The third kappa shape index (κ3) is 54.5. The van der Waals surface area contributed by atoms with Crippen LogP contribution < -0.4 is 0 Å². The Hall–Kier alpha value is -1.94. The van der Waals surface area contributed by atoms with Crippen molar-refractivity contribution in [3.8, 4) is 0 Å². The minimum atomic E-state index is -4.94. The van der Waals surface area contributed by atoms with Crippen molar-refractivity contribution in [3.63, 3.8) is 0 Å². The molecule has 7 atom stereocenters. The third-order valence-electron chi connectivity index (χ3n) is 14.8. The molecule has 0 aliphatic carbocycles. The molecule has 19 heteroatoms. The van der Waals surface area contributed by atoms with Gasteiger partial charge in [-0.25, -0.2) is 9.13 Å². The highest BCUT2D eigenvalue weighted by Crippen LogP contribution is 2.45. The van der Waals surface area contributed by atoms with Crippen molar-refractivity contribution in [2.45, 2.75) is 311 Å². The zero-order valence-electron chi connectivity index (χ0n) is 52.4. The van der Waals surface area contributed by atoms with E-state index in [9.17, 15) is 43.2 Å². The number of aliphatic hydroxyl groups is 1. The first kappa shape index (κ1) is 79.1. The molecule has 0 bridgehead atoms. The first-order chi connectivity index (χ1) is 38.7. The molecule has 0 aliphatic rings. The summed E-state index contributed by atoms with van der Waals surface area (Å²) in [5.74, 6) is 0.727. The van der Waals surface area contributed by atoms with Gasteiger partial charge < -0.3 is 33.8 Å². The van der Waals surface area contributed by atoms with Crippen molar-refractivity contribution in [2.75, 3.05) is 39.6 Å². The molecule has 81 heavy (non-hydrogen) atoms. The lowest BCUT2D eigenvalue weighted by Gasteiger charge is -2.21. The predicted octanol–water partition coefficient (Wildman–Crippen LogP) is 16.6. The lowest BCUT2D eigenvalue weighted by molar-refractivity contribution is -0.161. The number of phosphoric acid groups is 2. The number of hydrogen-bond donors (Lipinski definition) is 3. The molecule has 0 fully saturated rings.